The van der Waals surface area contributed by atoms with E-state index in [0.29, 0.717) is 19.5 Å². The van der Waals surface area contributed by atoms with Crippen molar-refractivity contribution in [1.29, 1.82) is 0 Å². The third-order valence-corrected chi connectivity index (χ3v) is 6.15. The van der Waals surface area contributed by atoms with E-state index in [-0.39, 0.29) is 30.9 Å². The topological polar surface area (TPSA) is 93.2 Å². The first-order chi connectivity index (χ1) is 13.5. The number of piperidine rings is 1. The second kappa shape index (κ2) is 7.52. The highest BCUT2D eigenvalue weighted by Crippen LogP contribution is 2.37. The Balaban J connectivity index is 1.53. The maximum atomic E-state index is 12.8. The minimum atomic E-state index is -1.02. The van der Waals surface area contributed by atoms with E-state index in [4.69, 9.17) is 0 Å². The minimum absolute atomic E-state index is 0.0593. The van der Waals surface area contributed by atoms with Gasteiger partial charge in [-0.15, -0.1) is 0 Å². The Kier molecular flexibility index (Phi) is 5.07. The van der Waals surface area contributed by atoms with Crippen LogP contribution in [-0.2, 0) is 15.2 Å². The number of likely N-dealkylation sites (tertiary alicyclic amines) is 2. The Morgan fingerprint density at radius 1 is 1.14 bits per heavy atom. The van der Waals surface area contributed by atoms with E-state index in [1.54, 1.807) is 4.90 Å². The van der Waals surface area contributed by atoms with Crippen molar-refractivity contribution in [2.24, 2.45) is 0 Å². The Bertz CT molecular complexity index is 749. The molecule has 1 aromatic rings. The Hall–Kier alpha value is -2.45. The van der Waals surface area contributed by atoms with Crippen LogP contribution in [0.3, 0.4) is 0 Å². The highest BCUT2D eigenvalue weighted by atomic mass is 16.3. The Morgan fingerprint density at radius 3 is 2.50 bits per heavy atom. The normalized spacial score (nSPS) is 28.7. The zero-order valence-electron chi connectivity index (χ0n) is 15.8. The summed E-state index contributed by atoms with van der Waals surface area (Å²) >= 11 is 0. The van der Waals surface area contributed by atoms with E-state index in [2.05, 4.69) is 10.2 Å². The van der Waals surface area contributed by atoms with Crippen LogP contribution >= 0.6 is 0 Å². The van der Waals surface area contributed by atoms with Gasteiger partial charge in [0.2, 0.25) is 5.91 Å². The molecule has 3 aliphatic heterocycles. The van der Waals surface area contributed by atoms with Crippen LogP contribution in [0.5, 0.6) is 0 Å². The van der Waals surface area contributed by atoms with Gasteiger partial charge in [0.15, 0.2) is 0 Å². The molecular weight excluding hydrogens is 360 g/mol. The zero-order chi connectivity index (χ0) is 19.7. The number of aliphatic hydroxyl groups is 1. The van der Waals surface area contributed by atoms with Crippen molar-refractivity contribution in [2.45, 2.75) is 30.9 Å². The molecule has 0 saturated carbocycles. The first-order valence-electron chi connectivity index (χ1n) is 9.87. The fourth-order valence-electron chi connectivity index (χ4n) is 4.53. The van der Waals surface area contributed by atoms with Crippen molar-refractivity contribution < 1.29 is 19.5 Å². The number of nitrogens with zero attached hydrogens (tertiary/aromatic N) is 3. The van der Waals surface area contributed by atoms with Crippen molar-refractivity contribution in [3.63, 3.8) is 0 Å². The standard InChI is InChI=1S/C20H26N4O4/c25-17-12-21-19(27)24(17)14-18(26)23-11-8-20(28,15-6-2-1-3-7-15)16(13-23)22-9-4-5-10-22/h1-3,6-7,16,28H,4-5,8-14H2,(H,21,27)/t16-,20+/m1/s1. The summed E-state index contributed by atoms with van der Waals surface area (Å²) in [5.74, 6) is -0.642. The van der Waals surface area contributed by atoms with Gasteiger partial charge in [-0.3, -0.25) is 19.4 Å². The van der Waals surface area contributed by atoms with E-state index in [1.165, 1.54) is 0 Å². The van der Waals surface area contributed by atoms with E-state index < -0.39 is 11.6 Å². The number of nitrogens with one attached hydrogen (secondary N) is 1. The lowest BCUT2D eigenvalue weighted by atomic mass is 9.79. The fraction of sp³-hybridized carbons (Fsp3) is 0.550. The van der Waals surface area contributed by atoms with Gasteiger partial charge in [0.1, 0.15) is 12.1 Å². The molecule has 0 bridgehead atoms. The predicted molar refractivity (Wildman–Crippen MR) is 101 cm³/mol. The highest BCUT2D eigenvalue weighted by molar-refractivity contribution is 6.04. The lowest BCUT2D eigenvalue weighted by Gasteiger charge is -2.48. The summed E-state index contributed by atoms with van der Waals surface area (Å²) in [6.45, 7) is 2.26. The SMILES string of the molecule is O=C(CN1C(=O)CNC1=O)N1CC[C@](O)(c2ccccc2)[C@H](N2CCCC2)C1. The lowest BCUT2D eigenvalue weighted by Crippen LogP contribution is -2.62. The van der Waals surface area contributed by atoms with E-state index >= 15 is 0 Å². The van der Waals surface area contributed by atoms with Gasteiger partial charge in [-0.1, -0.05) is 30.3 Å². The summed E-state index contributed by atoms with van der Waals surface area (Å²) in [5, 5.41) is 14.1. The maximum absolute atomic E-state index is 12.8. The largest absolute Gasteiger partial charge is 0.383 e. The molecule has 0 aromatic heterocycles. The smallest absolute Gasteiger partial charge is 0.325 e. The van der Waals surface area contributed by atoms with Crippen molar-refractivity contribution in [2.75, 3.05) is 39.3 Å². The van der Waals surface area contributed by atoms with Crippen LogP contribution < -0.4 is 5.32 Å². The summed E-state index contributed by atoms with van der Waals surface area (Å²) in [6.07, 6.45) is 2.58. The maximum Gasteiger partial charge on any atom is 0.325 e. The molecule has 1 aromatic carbocycles. The molecule has 4 rings (SSSR count). The van der Waals surface area contributed by atoms with Crippen LogP contribution in [-0.4, -0.2) is 83.0 Å². The average Bonchev–Trinajstić information content (AvgIpc) is 3.35. The highest BCUT2D eigenvalue weighted by Gasteiger charge is 2.47. The van der Waals surface area contributed by atoms with Gasteiger partial charge in [0.05, 0.1) is 12.6 Å². The van der Waals surface area contributed by atoms with Crippen molar-refractivity contribution in [1.82, 2.24) is 20.0 Å². The second-order valence-corrected chi connectivity index (χ2v) is 7.78. The van der Waals surface area contributed by atoms with Gasteiger partial charge in [-0.2, -0.15) is 0 Å². The molecule has 3 fully saturated rings. The molecule has 28 heavy (non-hydrogen) atoms. The first kappa shape index (κ1) is 18.9. The number of carbonyl (C=O) groups is 3. The fourth-order valence-corrected chi connectivity index (χ4v) is 4.53. The number of imide groups is 1. The summed E-state index contributed by atoms with van der Waals surface area (Å²) in [7, 11) is 0. The quantitative estimate of drug-likeness (QED) is 0.717. The van der Waals surface area contributed by atoms with Crippen LogP contribution in [0.25, 0.3) is 0 Å². The second-order valence-electron chi connectivity index (χ2n) is 7.78. The molecule has 0 aliphatic carbocycles. The van der Waals surface area contributed by atoms with E-state index in [0.717, 1.165) is 36.4 Å². The molecule has 2 atom stereocenters. The molecule has 8 nitrogen and oxygen atoms in total. The number of benzene rings is 1. The predicted octanol–water partition coefficient (Wildman–Crippen LogP) is 0.123. The van der Waals surface area contributed by atoms with Gasteiger partial charge in [0.25, 0.3) is 5.91 Å². The van der Waals surface area contributed by atoms with Crippen LogP contribution in [0, 0.1) is 0 Å². The van der Waals surface area contributed by atoms with Crippen molar-refractivity contribution >= 4 is 17.8 Å². The number of hydrogen-bond acceptors (Lipinski definition) is 5. The Morgan fingerprint density at radius 2 is 1.86 bits per heavy atom. The summed E-state index contributed by atoms with van der Waals surface area (Å²) in [4.78, 5) is 41.2. The van der Waals surface area contributed by atoms with Gasteiger partial charge >= 0.3 is 6.03 Å². The molecule has 3 saturated heterocycles. The molecule has 0 spiro atoms. The molecule has 0 unspecified atom stereocenters. The van der Waals surface area contributed by atoms with Crippen LogP contribution in [0.4, 0.5) is 4.79 Å². The van der Waals surface area contributed by atoms with Gasteiger partial charge < -0.3 is 15.3 Å². The summed E-state index contributed by atoms with van der Waals surface area (Å²) < 4.78 is 0. The van der Waals surface area contributed by atoms with E-state index in [9.17, 15) is 19.5 Å². The molecule has 8 heteroatoms. The molecule has 2 N–H and O–H groups in total. The number of amides is 4. The van der Waals surface area contributed by atoms with Crippen LogP contribution in [0.2, 0.25) is 0 Å². The lowest BCUT2D eigenvalue weighted by molar-refractivity contribution is -0.145. The van der Waals surface area contributed by atoms with E-state index in [1.807, 2.05) is 30.3 Å². The molecule has 3 aliphatic rings. The number of hydrogen-bond donors (Lipinski definition) is 2. The van der Waals surface area contributed by atoms with Crippen molar-refractivity contribution in [3.8, 4) is 0 Å². The summed E-state index contributed by atoms with van der Waals surface area (Å²) in [6, 6.07) is 8.91. The molecule has 4 amide bonds. The first-order valence-corrected chi connectivity index (χ1v) is 9.87. The number of rotatable bonds is 4. The number of urea groups is 1. The number of carbonyl (C=O) groups excluding carboxylic acids is 3. The molecule has 0 radical (unpaired) electrons. The summed E-state index contributed by atoms with van der Waals surface area (Å²) in [5.41, 5.74) is -0.156. The van der Waals surface area contributed by atoms with Crippen LogP contribution in [0.1, 0.15) is 24.8 Å². The zero-order valence-corrected chi connectivity index (χ0v) is 15.8. The van der Waals surface area contributed by atoms with Crippen LogP contribution in [0.15, 0.2) is 30.3 Å². The molecular formula is C20H26N4O4. The monoisotopic (exact) mass is 386 g/mol. The molecule has 3 heterocycles. The van der Waals surface area contributed by atoms with Gasteiger partial charge in [-0.25, -0.2) is 4.79 Å². The minimum Gasteiger partial charge on any atom is -0.383 e. The average molecular weight is 386 g/mol. The third kappa shape index (κ3) is 3.38. The van der Waals surface area contributed by atoms with Gasteiger partial charge in [0, 0.05) is 13.1 Å². The third-order valence-electron chi connectivity index (χ3n) is 6.15. The Labute approximate surface area is 164 Å². The van der Waals surface area contributed by atoms with Gasteiger partial charge in [-0.05, 0) is 37.9 Å². The molecule has 150 valence electrons. The van der Waals surface area contributed by atoms with Crippen molar-refractivity contribution in [3.05, 3.63) is 35.9 Å².